The van der Waals surface area contributed by atoms with Gasteiger partial charge in [-0.25, -0.2) is 4.39 Å². The van der Waals surface area contributed by atoms with E-state index in [0.717, 1.165) is 0 Å². The van der Waals surface area contributed by atoms with E-state index in [1.165, 1.54) is 6.07 Å². The molecule has 25 heavy (non-hydrogen) atoms. The third-order valence-electron chi connectivity index (χ3n) is 3.49. The summed E-state index contributed by atoms with van der Waals surface area (Å²) in [6, 6.07) is 9.52. The fourth-order valence-corrected chi connectivity index (χ4v) is 2.13. The number of ether oxygens (including phenoxy) is 2. The van der Waals surface area contributed by atoms with Crippen molar-refractivity contribution in [1.29, 1.82) is 0 Å². The number of aldehydes is 1. The molecule has 2 rings (SSSR count). The number of rotatable bonds is 8. The summed E-state index contributed by atoms with van der Waals surface area (Å²) in [5, 5.41) is 2.66. The molecule has 0 bridgehead atoms. The molecule has 132 valence electrons. The monoisotopic (exact) mass is 345 g/mol. The molecule has 1 N–H and O–H groups in total. The Morgan fingerprint density at radius 3 is 2.64 bits per heavy atom. The quantitative estimate of drug-likeness (QED) is 0.747. The zero-order valence-corrected chi connectivity index (χ0v) is 14.2. The van der Waals surface area contributed by atoms with E-state index in [1.807, 2.05) is 6.92 Å². The maximum atomic E-state index is 13.5. The third kappa shape index (κ3) is 5.31. The summed E-state index contributed by atoms with van der Waals surface area (Å²) >= 11 is 0. The fraction of sp³-hybridized carbons (Fsp3) is 0.263. The first kappa shape index (κ1) is 18.4. The van der Waals surface area contributed by atoms with Crippen molar-refractivity contribution in [1.82, 2.24) is 5.32 Å². The number of carbonyl (C=O) groups is 2. The van der Waals surface area contributed by atoms with E-state index in [9.17, 15) is 14.0 Å². The SMILES string of the molecule is CCOc1cc(C=O)ccc1OCC(=O)NCc1ccc(C)c(F)c1. The Labute approximate surface area is 145 Å². The Kier molecular flexibility index (Phi) is 6.51. The highest BCUT2D eigenvalue weighted by Gasteiger charge is 2.09. The van der Waals surface area contributed by atoms with Gasteiger partial charge < -0.3 is 14.8 Å². The largest absolute Gasteiger partial charge is 0.490 e. The van der Waals surface area contributed by atoms with Crippen LogP contribution in [0.15, 0.2) is 36.4 Å². The third-order valence-corrected chi connectivity index (χ3v) is 3.49. The first-order chi connectivity index (χ1) is 12.0. The van der Waals surface area contributed by atoms with Crippen LogP contribution in [0.3, 0.4) is 0 Å². The molecule has 1 amide bonds. The van der Waals surface area contributed by atoms with E-state index in [-0.39, 0.29) is 24.9 Å². The van der Waals surface area contributed by atoms with Gasteiger partial charge in [0.25, 0.3) is 5.91 Å². The average Bonchev–Trinajstić information content (AvgIpc) is 2.61. The minimum atomic E-state index is -0.345. The molecule has 6 heteroatoms. The molecular formula is C19H20FNO4. The Morgan fingerprint density at radius 2 is 1.96 bits per heavy atom. The molecule has 0 heterocycles. The maximum absolute atomic E-state index is 13.5. The van der Waals surface area contributed by atoms with Gasteiger partial charge in [-0.05, 0) is 49.2 Å². The molecule has 0 aromatic heterocycles. The van der Waals surface area contributed by atoms with Gasteiger partial charge in [-0.3, -0.25) is 9.59 Å². The van der Waals surface area contributed by atoms with Crippen LogP contribution in [0.25, 0.3) is 0 Å². The number of amides is 1. The van der Waals surface area contributed by atoms with E-state index in [0.29, 0.717) is 41.1 Å². The molecule has 2 aromatic carbocycles. The van der Waals surface area contributed by atoms with Crippen LogP contribution in [0.1, 0.15) is 28.4 Å². The number of aryl methyl sites for hydroxylation is 1. The minimum Gasteiger partial charge on any atom is -0.490 e. The predicted octanol–water partition coefficient (Wildman–Crippen LogP) is 3.04. The first-order valence-electron chi connectivity index (χ1n) is 7.90. The van der Waals surface area contributed by atoms with Crippen molar-refractivity contribution in [3.05, 3.63) is 58.9 Å². The van der Waals surface area contributed by atoms with Crippen LogP contribution >= 0.6 is 0 Å². The summed E-state index contributed by atoms with van der Waals surface area (Å²) in [5.41, 5.74) is 1.68. The van der Waals surface area contributed by atoms with E-state index in [4.69, 9.17) is 9.47 Å². The van der Waals surface area contributed by atoms with Crippen LogP contribution in [0.5, 0.6) is 11.5 Å². The molecule has 0 radical (unpaired) electrons. The van der Waals surface area contributed by atoms with E-state index >= 15 is 0 Å². The van der Waals surface area contributed by atoms with Gasteiger partial charge in [-0.2, -0.15) is 0 Å². The topological polar surface area (TPSA) is 64.6 Å². The summed E-state index contributed by atoms with van der Waals surface area (Å²) in [4.78, 5) is 22.7. The maximum Gasteiger partial charge on any atom is 0.258 e. The van der Waals surface area contributed by atoms with Gasteiger partial charge in [0.15, 0.2) is 18.1 Å². The lowest BCUT2D eigenvalue weighted by Gasteiger charge is -2.12. The Bertz CT molecular complexity index is 761. The lowest BCUT2D eigenvalue weighted by Crippen LogP contribution is -2.28. The number of carbonyl (C=O) groups excluding carboxylic acids is 2. The second kappa shape index (κ2) is 8.82. The molecule has 2 aromatic rings. The number of halogens is 1. The number of hydrogen-bond acceptors (Lipinski definition) is 4. The average molecular weight is 345 g/mol. The van der Waals surface area contributed by atoms with Crippen molar-refractivity contribution in [2.45, 2.75) is 20.4 Å². The van der Waals surface area contributed by atoms with Crippen LogP contribution in [0, 0.1) is 12.7 Å². The van der Waals surface area contributed by atoms with Crippen LogP contribution in [-0.2, 0) is 11.3 Å². The number of hydrogen-bond donors (Lipinski definition) is 1. The second-order valence-corrected chi connectivity index (χ2v) is 5.41. The smallest absolute Gasteiger partial charge is 0.258 e. The molecule has 0 unspecified atom stereocenters. The zero-order valence-electron chi connectivity index (χ0n) is 14.2. The van der Waals surface area contributed by atoms with Gasteiger partial charge in [0.2, 0.25) is 0 Å². The van der Waals surface area contributed by atoms with Gasteiger partial charge in [0, 0.05) is 12.1 Å². The highest BCUT2D eigenvalue weighted by atomic mass is 19.1. The molecule has 0 atom stereocenters. The molecule has 0 aliphatic rings. The summed E-state index contributed by atoms with van der Waals surface area (Å²) in [6.07, 6.45) is 0.708. The molecule has 0 fully saturated rings. The molecular weight excluding hydrogens is 325 g/mol. The van der Waals surface area contributed by atoms with E-state index in [1.54, 1.807) is 37.3 Å². The number of nitrogens with one attached hydrogen (secondary N) is 1. The standard InChI is InChI=1S/C19H20FNO4/c1-3-24-18-9-15(11-22)6-7-17(18)25-12-19(23)21-10-14-5-4-13(2)16(20)8-14/h4-9,11H,3,10,12H2,1-2H3,(H,21,23). The van der Waals surface area contributed by atoms with Crippen LogP contribution < -0.4 is 14.8 Å². The summed E-state index contributed by atoms with van der Waals surface area (Å²) in [6.45, 7) is 3.89. The Morgan fingerprint density at radius 1 is 1.16 bits per heavy atom. The molecule has 0 saturated carbocycles. The lowest BCUT2D eigenvalue weighted by molar-refractivity contribution is -0.123. The summed E-state index contributed by atoms with van der Waals surface area (Å²) in [5.74, 6) is 0.131. The zero-order chi connectivity index (χ0) is 18.2. The Hall–Kier alpha value is -2.89. The first-order valence-corrected chi connectivity index (χ1v) is 7.90. The predicted molar refractivity (Wildman–Crippen MR) is 91.5 cm³/mol. The van der Waals surface area contributed by atoms with Crippen molar-refractivity contribution in [2.75, 3.05) is 13.2 Å². The van der Waals surface area contributed by atoms with Gasteiger partial charge in [0.05, 0.1) is 6.61 Å². The number of benzene rings is 2. The van der Waals surface area contributed by atoms with Gasteiger partial charge >= 0.3 is 0 Å². The molecule has 0 aliphatic heterocycles. The normalized spacial score (nSPS) is 10.2. The van der Waals surface area contributed by atoms with Gasteiger partial charge in [-0.15, -0.1) is 0 Å². The van der Waals surface area contributed by atoms with E-state index in [2.05, 4.69) is 5.32 Å². The van der Waals surface area contributed by atoms with Crippen molar-refractivity contribution < 1.29 is 23.5 Å². The molecule has 0 aliphatic carbocycles. The van der Waals surface area contributed by atoms with Gasteiger partial charge in [0.1, 0.15) is 12.1 Å². The van der Waals surface area contributed by atoms with Crippen molar-refractivity contribution >= 4 is 12.2 Å². The van der Waals surface area contributed by atoms with Crippen LogP contribution in [0.4, 0.5) is 4.39 Å². The van der Waals surface area contributed by atoms with Crippen LogP contribution in [0.2, 0.25) is 0 Å². The molecule has 5 nitrogen and oxygen atoms in total. The lowest BCUT2D eigenvalue weighted by atomic mass is 10.1. The summed E-state index contributed by atoms with van der Waals surface area (Å²) < 4.78 is 24.3. The fourth-order valence-electron chi connectivity index (χ4n) is 2.13. The highest BCUT2D eigenvalue weighted by Crippen LogP contribution is 2.27. The van der Waals surface area contributed by atoms with Crippen molar-refractivity contribution in [2.24, 2.45) is 0 Å². The van der Waals surface area contributed by atoms with Crippen LogP contribution in [-0.4, -0.2) is 25.4 Å². The minimum absolute atomic E-state index is 0.210. The molecule has 0 saturated heterocycles. The second-order valence-electron chi connectivity index (χ2n) is 5.41. The van der Waals surface area contributed by atoms with E-state index < -0.39 is 0 Å². The van der Waals surface area contributed by atoms with Crippen molar-refractivity contribution in [3.63, 3.8) is 0 Å². The van der Waals surface area contributed by atoms with Gasteiger partial charge in [-0.1, -0.05) is 12.1 Å². The molecule has 0 spiro atoms. The summed E-state index contributed by atoms with van der Waals surface area (Å²) in [7, 11) is 0. The van der Waals surface area contributed by atoms with Crippen molar-refractivity contribution in [3.8, 4) is 11.5 Å². The highest BCUT2D eigenvalue weighted by molar-refractivity contribution is 5.78. The Balaban J connectivity index is 1.91.